The molecule has 0 radical (unpaired) electrons. The lowest BCUT2D eigenvalue weighted by molar-refractivity contribution is -0.384. The zero-order valence-electron chi connectivity index (χ0n) is 18.4. The SMILES string of the molecule is CC(=O)N1CCN(c2ccc(C(=O)NCCCOc3cccc(C)c3)cc2[N+](=O)[O-])CC1. The number of carbonyl (C=O) groups excluding carboxylic acids is 2. The molecule has 0 saturated carbocycles. The number of ether oxygens (including phenoxy) is 1. The monoisotopic (exact) mass is 440 g/mol. The predicted molar refractivity (Wildman–Crippen MR) is 121 cm³/mol. The van der Waals surface area contributed by atoms with Crippen molar-refractivity contribution in [2.45, 2.75) is 20.3 Å². The summed E-state index contributed by atoms with van der Waals surface area (Å²) >= 11 is 0. The van der Waals surface area contributed by atoms with Crippen LogP contribution in [-0.4, -0.2) is 61.0 Å². The third-order valence-electron chi connectivity index (χ3n) is 5.36. The van der Waals surface area contributed by atoms with Gasteiger partial charge in [-0.3, -0.25) is 19.7 Å². The van der Waals surface area contributed by atoms with Gasteiger partial charge < -0.3 is 19.9 Å². The maximum Gasteiger partial charge on any atom is 0.293 e. The summed E-state index contributed by atoms with van der Waals surface area (Å²) in [5, 5.41) is 14.4. The van der Waals surface area contributed by atoms with Crippen LogP contribution < -0.4 is 15.0 Å². The minimum absolute atomic E-state index is 0.00421. The molecule has 1 fully saturated rings. The van der Waals surface area contributed by atoms with E-state index in [4.69, 9.17) is 4.74 Å². The van der Waals surface area contributed by atoms with Crippen molar-refractivity contribution < 1.29 is 19.2 Å². The van der Waals surface area contributed by atoms with E-state index >= 15 is 0 Å². The summed E-state index contributed by atoms with van der Waals surface area (Å²) in [6, 6.07) is 12.3. The lowest BCUT2D eigenvalue weighted by Crippen LogP contribution is -2.48. The van der Waals surface area contributed by atoms with Crippen molar-refractivity contribution in [3.63, 3.8) is 0 Å². The molecule has 170 valence electrons. The molecular formula is C23H28N4O5. The van der Waals surface area contributed by atoms with Crippen LogP contribution in [0.25, 0.3) is 0 Å². The molecule has 3 rings (SSSR count). The van der Waals surface area contributed by atoms with Crippen molar-refractivity contribution in [1.82, 2.24) is 10.2 Å². The van der Waals surface area contributed by atoms with Crippen LogP contribution in [0.1, 0.15) is 29.3 Å². The lowest BCUT2D eigenvalue weighted by Gasteiger charge is -2.35. The minimum Gasteiger partial charge on any atom is -0.494 e. The van der Waals surface area contributed by atoms with Crippen molar-refractivity contribution in [3.8, 4) is 5.75 Å². The van der Waals surface area contributed by atoms with Gasteiger partial charge >= 0.3 is 0 Å². The summed E-state index contributed by atoms with van der Waals surface area (Å²) < 4.78 is 5.66. The van der Waals surface area contributed by atoms with Gasteiger partial charge in [0.1, 0.15) is 11.4 Å². The number of hydrogen-bond donors (Lipinski definition) is 1. The van der Waals surface area contributed by atoms with E-state index in [1.807, 2.05) is 36.1 Å². The summed E-state index contributed by atoms with van der Waals surface area (Å²) in [5.74, 6) is 0.415. The van der Waals surface area contributed by atoms with Gasteiger partial charge in [-0.1, -0.05) is 12.1 Å². The Morgan fingerprint density at radius 1 is 1.12 bits per heavy atom. The number of nitrogens with one attached hydrogen (secondary N) is 1. The fourth-order valence-corrected chi connectivity index (χ4v) is 3.61. The summed E-state index contributed by atoms with van der Waals surface area (Å²) in [6.07, 6.45) is 0.611. The Hall–Kier alpha value is -3.62. The molecule has 2 aromatic rings. The number of benzene rings is 2. The molecule has 0 spiro atoms. The third-order valence-corrected chi connectivity index (χ3v) is 5.36. The van der Waals surface area contributed by atoms with Crippen molar-refractivity contribution in [1.29, 1.82) is 0 Å². The van der Waals surface area contributed by atoms with Gasteiger partial charge in [0, 0.05) is 51.3 Å². The van der Waals surface area contributed by atoms with Gasteiger partial charge in [0.05, 0.1) is 11.5 Å². The number of piperazine rings is 1. The highest BCUT2D eigenvalue weighted by molar-refractivity contribution is 5.95. The maximum atomic E-state index is 12.5. The topological polar surface area (TPSA) is 105 Å². The van der Waals surface area contributed by atoms with Gasteiger partial charge in [-0.2, -0.15) is 0 Å². The van der Waals surface area contributed by atoms with E-state index in [0.717, 1.165) is 11.3 Å². The molecule has 2 aromatic carbocycles. The van der Waals surface area contributed by atoms with Crippen molar-refractivity contribution in [3.05, 3.63) is 63.7 Å². The summed E-state index contributed by atoms with van der Waals surface area (Å²) in [7, 11) is 0. The highest BCUT2D eigenvalue weighted by atomic mass is 16.6. The molecule has 1 saturated heterocycles. The fraction of sp³-hybridized carbons (Fsp3) is 0.391. The lowest BCUT2D eigenvalue weighted by atomic mass is 10.1. The Bertz CT molecular complexity index is 986. The maximum absolute atomic E-state index is 12.5. The molecule has 1 aliphatic rings. The number of anilines is 1. The van der Waals surface area contributed by atoms with Gasteiger partial charge in [-0.25, -0.2) is 0 Å². The molecule has 0 aliphatic carbocycles. The second-order valence-electron chi connectivity index (χ2n) is 7.73. The minimum atomic E-state index is -0.473. The number of nitro groups is 1. The van der Waals surface area contributed by atoms with E-state index in [-0.39, 0.29) is 23.1 Å². The molecule has 0 atom stereocenters. The van der Waals surface area contributed by atoms with E-state index in [1.54, 1.807) is 17.0 Å². The van der Waals surface area contributed by atoms with Gasteiger partial charge in [-0.15, -0.1) is 0 Å². The van der Waals surface area contributed by atoms with E-state index in [9.17, 15) is 19.7 Å². The molecule has 0 unspecified atom stereocenters. The van der Waals surface area contributed by atoms with E-state index in [0.29, 0.717) is 51.4 Å². The molecular weight excluding hydrogens is 412 g/mol. The van der Waals surface area contributed by atoms with E-state index in [2.05, 4.69) is 5.32 Å². The van der Waals surface area contributed by atoms with Crippen LogP contribution in [0.15, 0.2) is 42.5 Å². The first-order valence-corrected chi connectivity index (χ1v) is 10.6. The summed E-state index contributed by atoms with van der Waals surface area (Å²) in [4.78, 5) is 38.7. The molecule has 9 nitrogen and oxygen atoms in total. The van der Waals surface area contributed by atoms with E-state index < -0.39 is 4.92 Å². The average molecular weight is 441 g/mol. The van der Waals surface area contributed by atoms with Crippen LogP contribution in [0.4, 0.5) is 11.4 Å². The van der Waals surface area contributed by atoms with Gasteiger partial charge in [0.25, 0.3) is 11.6 Å². The molecule has 1 heterocycles. The van der Waals surface area contributed by atoms with Gasteiger partial charge in [0.2, 0.25) is 5.91 Å². The first-order chi connectivity index (χ1) is 15.3. The van der Waals surface area contributed by atoms with Crippen LogP contribution in [0.3, 0.4) is 0 Å². The molecule has 1 aliphatic heterocycles. The Labute approximate surface area is 187 Å². The average Bonchev–Trinajstić information content (AvgIpc) is 2.78. The van der Waals surface area contributed by atoms with E-state index in [1.165, 1.54) is 13.0 Å². The third kappa shape index (κ3) is 5.96. The molecule has 0 bridgehead atoms. The predicted octanol–water partition coefficient (Wildman–Crippen LogP) is 2.77. The molecule has 1 N–H and O–H groups in total. The van der Waals surface area contributed by atoms with Gasteiger partial charge in [-0.05, 0) is 43.2 Å². The largest absolute Gasteiger partial charge is 0.494 e. The number of carbonyl (C=O) groups is 2. The zero-order chi connectivity index (χ0) is 23.1. The quantitative estimate of drug-likeness (QED) is 0.384. The second kappa shape index (κ2) is 10.6. The number of nitro benzene ring substituents is 1. The Balaban J connectivity index is 1.54. The van der Waals surface area contributed by atoms with Crippen molar-refractivity contribution in [2.24, 2.45) is 0 Å². The van der Waals surface area contributed by atoms with Crippen LogP contribution >= 0.6 is 0 Å². The van der Waals surface area contributed by atoms with Crippen molar-refractivity contribution in [2.75, 3.05) is 44.2 Å². The van der Waals surface area contributed by atoms with Crippen LogP contribution in [0, 0.1) is 17.0 Å². The normalized spacial score (nSPS) is 13.6. The zero-order valence-corrected chi connectivity index (χ0v) is 18.4. The summed E-state index contributed by atoms with van der Waals surface area (Å²) in [6.45, 7) is 6.39. The Kier molecular flexibility index (Phi) is 7.64. The standard InChI is InChI=1S/C23H28N4O5/c1-17-5-3-6-20(15-17)32-14-4-9-24-23(29)19-7-8-21(22(16-19)27(30)31)26-12-10-25(11-13-26)18(2)28/h3,5-8,15-16H,4,9-14H2,1-2H3,(H,24,29). The number of amides is 2. The smallest absolute Gasteiger partial charge is 0.293 e. The first kappa shape index (κ1) is 23.1. The highest BCUT2D eigenvalue weighted by Crippen LogP contribution is 2.30. The Morgan fingerprint density at radius 2 is 1.88 bits per heavy atom. The van der Waals surface area contributed by atoms with Crippen LogP contribution in [0.5, 0.6) is 5.75 Å². The molecule has 0 aromatic heterocycles. The second-order valence-corrected chi connectivity index (χ2v) is 7.73. The number of nitrogens with zero attached hydrogens (tertiary/aromatic N) is 3. The summed E-state index contributed by atoms with van der Waals surface area (Å²) in [5.41, 5.74) is 1.70. The number of rotatable bonds is 8. The van der Waals surface area contributed by atoms with Crippen LogP contribution in [-0.2, 0) is 4.79 Å². The molecule has 32 heavy (non-hydrogen) atoms. The first-order valence-electron chi connectivity index (χ1n) is 10.6. The van der Waals surface area contributed by atoms with Crippen molar-refractivity contribution >= 4 is 23.2 Å². The number of hydrogen-bond acceptors (Lipinski definition) is 6. The molecule has 9 heteroatoms. The van der Waals surface area contributed by atoms with Crippen LogP contribution in [0.2, 0.25) is 0 Å². The Morgan fingerprint density at radius 3 is 2.53 bits per heavy atom. The number of aryl methyl sites for hydroxylation is 1. The highest BCUT2D eigenvalue weighted by Gasteiger charge is 2.25. The fourth-order valence-electron chi connectivity index (χ4n) is 3.61. The molecule has 2 amide bonds. The van der Waals surface area contributed by atoms with Gasteiger partial charge in [0.15, 0.2) is 0 Å².